The van der Waals surface area contributed by atoms with E-state index in [1.807, 2.05) is 21.3 Å². The van der Waals surface area contributed by atoms with Gasteiger partial charge in [-0.2, -0.15) is 0 Å². The van der Waals surface area contributed by atoms with Crippen molar-refractivity contribution < 1.29 is 37.9 Å². The second-order valence-electron chi connectivity index (χ2n) is 19.1. The third-order valence-corrected chi connectivity index (χ3v) is 17.0. The zero-order chi connectivity index (χ0) is 34.7. The molecule has 2 aliphatic heterocycles. The van der Waals surface area contributed by atoms with Crippen molar-refractivity contribution in [3.8, 4) is 0 Å². The molecular formula is C40H68O8. The molecule has 7 fully saturated rings. The maximum atomic E-state index is 7.14. The van der Waals surface area contributed by atoms with Crippen LogP contribution < -0.4 is 0 Å². The van der Waals surface area contributed by atoms with Crippen LogP contribution >= 0.6 is 0 Å². The summed E-state index contributed by atoms with van der Waals surface area (Å²) in [5, 5.41) is 0. The van der Waals surface area contributed by atoms with Crippen molar-refractivity contribution in [2.24, 2.45) is 44.8 Å². The highest BCUT2D eigenvalue weighted by atomic mass is 16.7. The first-order valence-corrected chi connectivity index (χ1v) is 19.2. The molecule has 2 spiro atoms. The van der Waals surface area contributed by atoms with Gasteiger partial charge in [0, 0.05) is 47.9 Å². The van der Waals surface area contributed by atoms with E-state index in [0.717, 1.165) is 32.1 Å². The summed E-state index contributed by atoms with van der Waals surface area (Å²) in [4.78, 5) is 0. The first kappa shape index (κ1) is 36.1. The Morgan fingerprint density at radius 1 is 0.667 bits per heavy atom. The highest BCUT2D eigenvalue weighted by Gasteiger charge is 2.85. The van der Waals surface area contributed by atoms with Gasteiger partial charge in [0.05, 0.1) is 48.3 Å². The third kappa shape index (κ3) is 4.74. The lowest BCUT2D eigenvalue weighted by molar-refractivity contribution is -0.278. The molecule has 8 nitrogen and oxygen atoms in total. The summed E-state index contributed by atoms with van der Waals surface area (Å²) in [5.74, 6) is 1.40. The SMILES string of the molecule is CO[C@H]1C[C@@]2(C)[C@@H]3C[C@H](OC)[C@H]4C(C)(C)C(O[C@H]5C[C@@H](OC)[C@H](OC)CO5)CC[C@@]45CC35CC[C@]2(C)[C@H]1[C@@]1(C)CC[C@@H](C(C)(C)OC)O1. The van der Waals surface area contributed by atoms with Crippen molar-refractivity contribution in [2.75, 3.05) is 42.2 Å². The zero-order valence-corrected chi connectivity index (χ0v) is 32.3. The Morgan fingerprint density at radius 3 is 2.00 bits per heavy atom. The fourth-order valence-electron chi connectivity index (χ4n) is 14.3. The van der Waals surface area contributed by atoms with Crippen LogP contribution in [0, 0.1) is 44.8 Å². The van der Waals surface area contributed by atoms with E-state index in [9.17, 15) is 0 Å². The third-order valence-electron chi connectivity index (χ3n) is 17.0. The van der Waals surface area contributed by atoms with Gasteiger partial charge in [0.25, 0.3) is 0 Å². The zero-order valence-electron chi connectivity index (χ0n) is 32.3. The van der Waals surface area contributed by atoms with Gasteiger partial charge >= 0.3 is 0 Å². The van der Waals surface area contributed by atoms with Crippen LogP contribution in [0.3, 0.4) is 0 Å². The van der Waals surface area contributed by atoms with Gasteiger partial charge in [0.15, 0.2) is 6.29 Å². The van der Waals surface area contributed by atoms with E-state index in [4.69, 9.17) is 37.9 Å². The first-order valence-electron chi connectivity index (χ1n) is 19.2. The number of methoxy groups -OCH3 is 5. The van der Waals surface area contributed by atoms with E-state index in [0.29, 0.717) is 41.6 Å². The van der Waals surface area contributed by atoms with Gasteiger partial charge in [-0.15, -0.1) is 0 Å². The molecule has 2 unspecified atom stereocenters. The second-order valence-corrected chi connectivity index (χ2v) is 19.1. The van der Waals surface area contributed by atoms with E-state index >= 15 is 0 Å². The summed E-state index contributed by atoms with van der Waals surface area (Å²) in [6, 6.07) is 0. The number of ether oxygens (including phenoxy) is 8. The molecule has 0 amide bonds. The molecule has 0 aromatic rings. The topological polar surface area (TPSA) is 73.8 Å². The summed E-state index contributed by atoms with van der Waals surface area (Å²) in [6.07, 6.45) is 11.4. The molecule has 8 heteroatoms. The van der Waals surface area contributed by atoms with Gasteiger partial charge in [-0.1, -0.05) is 27.7 Å². The van der Waals surface area contributed by atoms with E-state index in [1.165, 1.54) is 25.7 Å². The summed E-state index contributed by atoms with van der Waals surface area (Å²) >= 11 is 0. The van der Waals surface area contributed by atoms with Crippen LogP contribution in [0.5, 0.6) is 0 Å². The van der Waals surface area contributed by atoms with Crippen LogP contribution in [0.1, 0.15) is 113 Å². The van der Waals surface area contributed by atoms with Gasteiger partial charge in [-0.25, -0.2) is 0 Å². The summed E-state index contributed by atoms with van der Waals surface area (Å²) in [7, 11) is 9.23. The maximum Gasteiger partial charge on any atom is 0.160 e. The van der Waals surface area contributed by atoms with Crippen molar-refractivity contribution >= 4 is 0 Å². The van der Waals surface area contributed by atoms with Crippen molar-refractivity contribution in [3.63, 3.8) is 0 Å². The average Bonchev–Trinajstić information content (AvgIpc) is 3.41. The molecular weight excluding hydrogens is 608 g/mol. The van der Waals surface area contributed by atoms with Crippen LogP contribution in [-0.2, 0) is 37.9 Å². The molecule has 15 atom stereocenters. The largest absolute Gasteiger partial charge is 0.381 e. The van der Waals surface area contributed by atoms with Crippen LogP contribution in [-0.4, -0.2) is 96.3 Å². The van der Waals surface area contributed by atoms with Crippen LogP contribution in [0.4, 0.5) is 0 Å². The molecule has 5 aliphatic carbocycles. The number of rotatable bonds is 9. The first-order chi connectivity index (χ1) is 22.6. The maximum absolute atomic E-state index is 7.14. The number of hydrogen-bond acceptors (Lipinski definition) is 8. The van der Waals surface area contributed by atoms with Crippen molar-refractivity contribution in [1.82, 2.24) is 0 Å². The average molecular weight is 677 g/mol. The van der Waals surface area contributed by atoms with E-state index in [1.54, 1.807) is 14.2 Å². The highest BCUT2D eigenvalue weighted by Crippen LogP contribution is 2.89. The van der Waals surface area contributed by atoms with E-state index < -0.39 is 0 Å². The Morgan fingerprint density at radius 2 is 1.35 bits per heavy atom. The quantitative estimate of drug-likeness (QED) is 0.238. The summed E-state index contributed by atoms with van der Waals surface area (Å²) < 4.78 is 50.8. The second kappa shape index (κ2) is 11.8. The molecule has 48 heavy (non-hydrogen) atoms. The molecule has 276 valence electrons. The van der Waals surface area contributed by atoms with Crippen LogP contribution in [0.15, 0.2) is 0 Å². The summed E-state index contributed by atoms with van der Waals surface area (Å²) in [5.41, 5.74) is 0.343. The lowest BCUT2D eigenvalue weighted by atomic mass is 9.41. The molecule has 0 aromatic carbocycles. The number of hydrogen-bond donors (Lipinski definition) is 0. The Labute approximate surface area is 291 Å². The standard InChI is InChI=1S/C40H68O8/c1-34(2)29(47-31-20-24(41-8)27(44-11)22-46-31)14-16-40-23-39(40)18-17-36(5)33(38(7)15-13-30(48-38)35(3,4)45-12)26(43-10)21-37(36,6)28(39)19-25(42-9)32(34)40/h24-33H,13-23H2,1-12H3/t24-,25+,26+,27-,28+,29?,30+,31+,32+,33+,36-,37+,38-,39?,40-/m1/s1. The van der Waals surface area contributed by atoms with Crippen molar-refractivity contribution in [3.05, 3.63) is 0 Å². The van der Waals surface area contributed by atoms with Gasteiger partial charge in [-0.05, 0) is 117 Å². The molecule has 0 bridgehead atoms. The normalized spacial score (nSPS) is 54.2. The predicted octanol–water partition coefficient (Wildman–Crippen LogP) is 7.20. The van der Waals surface area contributed by atoms with Gasteiger partial charge < -0.3 is 37.9 Å². The molecule has 7 rings (SSSR count). The lowest BCUT2D eigenvalue weighted by Crippen LogP contribution is -2.63. The predicted molar refractivity (Wildman–Crippen MR) is 184 cm³/mol. The van der Waals surface area contributed by atoms with E-state index in [2.05, 4.69) is 48.5 Å². The molecule has 7 aliphatic rings. The highest BCUT2D eigenvalue weighted by molar-refractivity contribution is 5.33. The van der Waals surface area contributed by atoms with Gasteiger partial charge in [0.1, 0.15) is 6.10 Å². The fourth-order valence-corrected chi connectivity index (χ4v) is 14.3. The lowest BCUT2D eigenvalue weighted by Gasteiger charge is -2.65. The van der Waals surface area contributed by atoms with Crippen molar-refractivity contribution in [2.45, 2.75) is 167 Å². The van der Waals surface area contributed by atoms with Crippen LogP contribution in [0.25, 0.3) is 0 Å². The Balaban J connectivity index is 1.16. The van der Waals surface area contributed by atoms with Gasteiger partial charge in [0.2, 0.25) is 0 Å². The minimum absolute atomic E-state index is 0.0154. The fraction of sp³-hybridized carbons (Fsp3) is 1.00. The number of fused-ring (bicyclic) bond motifs is 2. The monoisotopic (exact) mass is 676 g/mol. The van der Waals surface area contributed by atoms with Crippen LogP contribution in [0.2, 0.25) is 0 Å². The molecule has 0 N–H and O–H groups in total. The minimum atomic E-state index is -0.305. The molecule has 0 aromatic heterocycles. The smallest absolute Gasteiger partial charge is 0.160 e. The molecule has 2 heterocycles. The Hall–Kier alpha value is -0.320. The Bertz CT molecular complexity index is 1210. The minimum Gasteiger partial charge on any atom is -0.381 e. The molecule has 0 radical (unpaired) electrons. The summed E-state index contributed by atoms with van der Waals surface area (Å²) in [6.45, 7) is 17.5. The Kier molecular flexibility index (Phi) is 8.90. The van der Waals surface area contributed by atoms with Crippen molar-refractivity contribution in [1.29, 1.82) is 0 Å². The molecule has 5 saturated carbocycles. The van der Waals surface area contributed by atoms with E-state index in [-0.39, 0.29) is 70.4 Å². The molecule has 2 saturated heterocycles. The van der Waals surface area contributed by atoms with Gasteiger partial charge in [-0.3, -0.25) is 0 Å².